The number of rotatable bonds is 0. The predicted octanol–water partition coefficient (Wildman–Crippen LogP) is -2.39. The molecule has 0 heterocycles. The van der Waals surface area contributed by atoms with Crippen LogP contribution in [-0.4, -0.2) is 5.78 Å². The first kappa shape index (κ1) is 16.0. The van der Waals surface area contributed by atoms with Crippen LogP contribution in [0.2, 0.25) is 0 Å². The van der Waals surface area contributed by atoms with Crippen LogP contribution in [0, 0.1) is 10.7 Å². The predicted molar refractivity (Wildman–Crippen MR) is 29.3 cm³/mol. The number of hydrogen-bond donors (Lipinski definition) is 0. The Morgan fingerprint density at radius 2 is 1.62 bits per heavy atom. The van der Waals surface area contributed by atoms with Crippen molar-refractivity contribution in [1.82, 2.24) is 0 Å². The van der Waals surface area contributed by atoms with Gasteiger partial charge in [-0.25, -0.2) is 5.26 Å². The molecule has 0 saturated heterocycles. The van der Waals surface area contributed by atoms with Gasteiger partial charge in [0.05, 0.1) is 0 Å². The number of ketones is 1. The van der Waals surface area contributed by atoms with Crippen molar-refractivity contribution in [2.24, 2.45) is 0 Å². The SMILES string of the molecule is CC(C)=O.N#C[S-].[K+]. The van der Waals surface area contributed by atoms with Crippen molar-refractivity contribution in [2.75, 3.05) is 0 Å². The van der Waals surface area contributed by atoms with Crippen LogP contribution in [0.25, 0.3) is 0 Å². The molecule has 0 unspecified atom stereocenters. The molecule has 0 atom stereocenters. The van der Waals surface area contributed by atoms with E-state index >= 15 is 0 Å². The molecule has 0 spiro atoms. The van der Waals surface area contributed by atoms with Gasteiger partial charge >= 0.3 is 51.4 Å². The van der Waals surface area contributed by atoms with Gasteiger partial charge in [0.15, 0.2) is 0 Å². The molecule has 0 rings (SSSR count). The Morgan fingerprint density at radius 3 is 1.62 bits per heavy atom. The third-order valence-corrected chi connectivity index (χ3v) is 0. The van der Waals surface area contributed by atoms with Crippen molar-refractivity contribution in [3.8, 4) is 5.40 Å². The third kappa shape index (κ3) is 246. The molecule has 0 aliphatic rings. The Labute approximate surface area is 97.5 Å². The Kier molecular flexibility index (Phi) is 31.4. The summed E-state index contributed by atoms with van der Waals surface area (Å²) < 4.78 is 0. The summed E-state index contributed by atoms with van der Waals surface area (Å²) >= 11 is 3.70. The maximum Gasteiger partial charge on any atom is 1.00 e. The molecule has 0 amide bonds. The van der Waals surface area contributed by atoms with Gasteiger partial charge in [-0.2, -0.15) is 0 Å². The van der Waals surface area contributed by atoms with Crippen molar-refractivity contribution in [2.45, 2.75) is 13.8 Å². The zero-order chi connectivity index (χ0) is 6.28. The van der Waals surface area contributed by atoms with Gasteiger partial charge in [-0.3, -0.25) is 0 Å². The number of hydrogen-bond acceptors (Lipinski definition) is 3. The summed E-state index contributed by atoms with van der Waals surface area (Å²) in [5.41, 5.74) is 0. The van der Waals surface area contributed by atoms with E-state index < -0.39 is 0 Å². The van der Waals surface area contributed by atoms with Gasteiger partial charge in [0, 0.05) is 0 Å². The first-order valence-electron chi connectivity index (χ1n) is 1.63. The van der Waals surface area contributed by atoms with Gasteiger partial charge in [-0.1, -0.05) is 5.40 Å². The molecular weight excluding hydrogens is 149 g/mol. The van der Waals surface area contributed by atoms with Gasteiger partial charge in [0.2, 0.25) is 0 Å². The molecule has 0 fully saturated rings. The second-order valence-corrected chi connectivity index (χ2v) is 1.18. The number of thiocyanates is 1. The van der Waals surface area contributed by atoms with Crippen LogP contribution in [0.4, 0.5) is 0 Å². The van der Waals surface area contributed by atoms with Gasteiger partial charge < -0.3 is 17.4 Å². The quantitative estimate of drug-likeness (QED) is 0.223. The normalized spacial score (nSPS) is 4.12. The minimum absolute atomic E-state index is 0. The summed E-state index contributed by atoms with van der Waals surface area (Å²) in [7, 11) is 0. The van der Waals surface area contributed by atoms with Crippen LogP contribution in [-0.2, 0) is 17.4 Å². The monoisotopic (exact) mass is 155 g/mol. The van der Waals surface area contributed by atoms with Gasteiger partial charge in [0.1, 0.15) is 5.78 Å². The molecule has 0 aliphatic carbocycles. The summed E-state index contributed by atoms with van der Waals surface area (Å²) in [6.07, 6.45) is 0. The van der Waals surface area contributed by atoms with Gasteiger partial charge in [0.25, 0.3) is 0 Å². The van der Waals surface area contributed by atoms with Crippen molar-refractivity contribution in [3.05, 3.63) is 0 Å². The molecule has 2 nitrogen and oxygen atoms in total. The average molecular weight is 155 g/mol. The molecule has 0 aliphatic heterocycles. The van der Waals surface area contributed by atoms with Crippen molar-refractivity contribution >= 4 is 18.4 Å². The molecule has 0 aromatic carbocycles. The Balaban J connectivity index is -0.0000000575. The molecule has 4 heteroatoms. The zero-order valence-corrected chi connectivity index (χ0v) is 9.20. The van der Waals surface area contributed by atoms with E-state index in [-0.39, 0.29) is 57.2 Å². The largest absolute Gasteiger partial charge is 1.00 e. The van der Waals surface area contributed by atoms with Crippen LogP contribution in [0.5, 0.6) is 0 Å². The van der Waals surface area contributed by atoms with Crippen LogP contribution < -0.4 is 51.4 Å². The number of nitrogens with zero attached hydrogens (tertiary/aromatic N) is 1. The molecule has 0 bridgehead atoms. The van der Waals surface area contributed by atoms with Crippen LogP contribution >= 0.6 is 0 Å². The van der Waals surface area contributed by atoms with Crippen molar-refractivity contribution < 1.29 is 56.2 Å². The molecular formula is C4H6KNOS. The third-order valence-electron chi connectivity index (χ3n) is 0. The van der Waals surface area contributed by atoms with Gasteiger partial charge in [-0.05, 0) is 13.8 Å². The topological polar surface area (TPSA) is 40.9 Å². The first-order valence-corrected chi connectivity index (χ1v) is 2.04. The van der Waals surface area contributed by atoms with E-state index in [9.17, 15) is 4.79 Å². The molecule has 0 aromatic rings. The molecule has 0 radical (unpaired) electrons. The Bertz CT molecular complexity index is 84.5. The maximum absolute atomic E-state index is 9.44. The fraction of sp³-hybridized carbons (Fsp3) is 0.500. The minimum Gasteiger partial charge on any atom is -0.696 e. The average Bonchev–Trinajstić information content (AvgIpc) is 1.33. The number of Topliss-reactive ketones (excluding diaryl/α,β-unsaturated/α-hetero) is 1. The van der Waals surface area contributed by atoms with E-state index in [1.807, 2.05) is 0 Å². The summed E-state index contributed by atoms with van der Waals surface area (Å²) in [4.78, 5) is 9.44. The fourth-order valence-corrected chi connectivity index (χ4v) is 0. The van der Waals surface area contributed by atoms with E-state index in [1.54, 1.807) is 0 Å². The van der Waals surface area contributed by atoms with E-state index in [0.29, 0.717) is 0 Å². The summed E-state index contributed by atoms with van der Waals surface area (Å²) in [5, 5.41) is 8.47. The van der Waals surface area contributed by atoms with E-state index in [0.717, 1.165) is 0 Å². The smallest absolute Gasteiger partial charge is 0.696 e. The summed E-state index contributed by atoms with van der Waals surface area (Å²) in [6, 6.07) is 0. The minimum atomic E-state index is 0. The summed E-state index contributed by atoms with van der Waals surface area (Å²) in [6.45, 7) is 3.06. The summed E-state index contributed by atoms with van der Waals surface area (Å²) in [5.74, 6) is 0.167. The van der Waals surface area contributed by atoms with E-state index in [1.165, 1.54) is 19.2 Å². The molecule has 40 valence electrons. The van der Waals surface area contributed by atoms with Crippen molar-refractivity contribution in [1.29, 1.82) is 5.26 Å². The zero-order valence-electron chi connectivity index (χ0n) is 5.26. The Hall–Kier alpha value is 1.02. The van der Waals surface area contributed by atoms with Gasteiger partial charge in [-0.15, -0.1) is 0 Å². The van der Waals surface area contributed by atoms with E-state index in [4.69, 9.17) is 5.26 Å². The molecule has 0 saturated carbocycles. The Morgan fingerprint density at radius 1 is 1.62 bits per heavy atom. The van der Waals surface area contributed by atoms with Crippen LogP contribution in [0.1, 0.15) is 13.8 Å². The standard InChI is InChI=1S/C3H6O.CHNS.K/c1-3(2)4;2-1-3;/h1-2H3;3H;/q;;+1/p-1. The molecule has 8 heavy (non-hydrogen) atoms. The fourth-order valence-electron chi connectivity index (χ4n) is 0. The number of carbonyl (C=O) groups is 1. The van der Waals surface area contributed by atoms with E-state index in [2.05, 4.69) is 12.6 Å². The second kappa shape index (κ2) is 15.7. The van der Waals surface area contributed by atoms with Crippen molar-refractivity contribution in [3.63, 3.8) is 0 Å². The van der Waals surface area contributed by atoms with Crippen LogP contribution in [0.3, 0.4) is 0 Å². The molecule has 0 aromatic heterocycles. The van der Waals surface area contributed by atoms with Crippen LogP contribution in [0.15, 0.2) is 0 Å². The first-order chi connectivity index (χ1) is 3.15. The molecule has 0 N–H and O–H groups in total. The number of nitriles is 1. The maximum atomic E-state index is 9.44. The number of carbonyl (C=O) groups excluding carboxylic acids is 1. The second-order valence-electron chi connectivity index (χ2n) is 1.000.